The molecule has 1 N–H and O–H groups in total. The molecule has 1 amide bonds. The van der Waals surface area contributed by atoms with E-state index >= 15 is 0 Å². The average Bonchev–Trinajstić information content (AvgIpc) is 3.33. The van der Waals surface area contributed by atoms with Crippen molar-refractivity contribution in [1.29, 1.82) is 0 Å². The Labute approximate surface area is 163 Å². The molecule has 0 radical (unpaired) electrons. The second-order valence-electron chi connectivity index (χ2n) is 6.05. The van der Waals surface area contributed by atoms with Crippen molar-refractivity contribution in [3.05, 3.63) is 36.3 Å². The zero-order chi connectivity index (χ0) is 21.2. The highest BCUT2D eigenvalue weighted by molar-refractivity contribution is 6.05. The first-order chi connectivity index (χ1) is 13.7. The largest absolute Gasteiger partial charge is 0.479 e. The molecule has 1 atom stereocenters. The predicted molar refractivity (Wildman–Crippen MR) is 96.4 cm³/mol. The SMILES string of the molecule is CCn1cc(C(=O)Nc2cccc(-c3nncn3[C@@H](C)C(F)(F)F)n2)c(OC)n1. The lowest BCUT2D eigenvalue weighted by Crippen LogP contribution is -2.24. The average molecular weight is 409 g/mol. The number of alkyl halides is 3. The van der Waals surface area contributed by atoms with Crippen LogP contribution in [0.15, 0.2) is 30.7 Å². The molecule has 3 aromatic rings. The Morgan fingerprint density at radius 1 is 1.34 bits per heavy atom. The number of carbonyl (C=O) groups excluding carboxylic acids is 1. The number of hydrogen-bond donors (Lipinski definition) is 1. The number of carbonyl (C=O) groups is 1. The van der Waals surface area contributed by atoms with Crippen molar-refractivity contribution in [2.24, 2.45) is 0 Å². The quantitative estimate of drug-likeness (QED) is 0.672. The molecule has 0 fully saturated rings. The Bertz CT molecular complexity index is 1010. The van der Waals surface area contributed by atoms with Gasteiger partial charge in [0, 0.05) is 12.7 Å². The van der Waals surface area contributed by atoms with Gasteiger partial charge in [-0.1, -0.05) is 6.07 Å². The van der Waals surface area contributed by atoms with Gasteiger partial charge in [0.15, 0.2) is 5.82 Å². The van der Waals surface area contributed by atoms with Gasteiger partial charge in [-0.25, -0.2) is 4.98 Å². The molecular weight excluding hydrogens is 391 g/mol. The van der Waals surface area contributed by atoms with Crippen LogP contribution in [0.5, 0.6) is 5.88 Å². The van der Waals surface area contributed by atoms with Crippen molar-refractivity contribution in [1.82, 2.24) is 29.5 Å². The number of nitrogens with one attached hydrogen (secondary N) is 1. The monoisotopic (exact) mass is 409 g/mol. The van der Waals surface area contributed by atoms with Crippen LogP contribution >= 0.6 is 0 Å². The van der Waals surface area contributed by atoms with Gasteiger partial charge in [0.05, 0.1) is 7.11 Å². The lowest BCUT2D eigenvalue weighted by Gasteiger charge is -2.18. The van der Waals surface area contributed by atoms with Crippen molar-refractivity contribution in [2.75, 3.05) is 12.4 Å². The van der Waals surface area contributed by atoms with Crippen LogP contribution in [-0.2, 0) is 6.54 Å². The highest BCUT2D eigenvalue weighted by Crippen LogP contribution is 2.32. The number of hydrogen-bond acceptors (Lipinski definition) is 6. The summed E-state index contributed by atoms with van der Waals surface area (Å²) in [6.45, 7) is 3.40. The van der Waals surface area contributed by atoms with E-state index < -0.39 is 18.1 Å². The van der Waals surface area contributed by atoms with Crippen LogP contribution in [0.2, 0.25) is 0 Å². The molecule has 154 valence electrons. The lowest BCUT2D eigenvalue weighted by atomic mass is 10.2. The van der Waals surface area contributed by atoms with E-state index in [1.165, 1.54) is 25.4 Å². The van der Waals surface area contributed by atoms with E-state index in [4.69, 9.17) is 4.74 Å². The number of ether oxygens (including phenoxy) is 1. The van der Waals surface area contributed by atoms with Crippen LogP contribution in [0.25, 0.3) is 11.5 Å². The van der Waals surface area contributed by atoms with Crippen molar-refractivity contribution < 1.29 is 22.7 Å². The molecule has 3 aromatic heterocycles. The minimum atomic E-state index is -4.47. The summed E-state index contributed by atoms with van der Waals surface area (Å²) in [5.74, 6) is -0.300. The Hall–Kier alpha value is -3.44. The first-order valence-corrected chi connectivity index (χ1v) is 8.61. The molecule has 12 heteroatoms. The number of anilines is 1. The number of methoxy groups -OCH3 is 1. The number of aromatic nitrogens is 6. The summed E-state index contributed by atoms with van der Waals surface area (Å²) in [6.07, 6.45) is -1.96. The molecule has 0 aliphatic rings. The van der Waals surface area contributed by atoms with Gasteiger partial charge in [0.25, 0.3) is 5.91 Å². The Kier molecular flexibility index (Phi) is 5.52. The fraction of sp³-hybridized carbons (Fsp3) is 0.353. The summed E-state index contributed by atoms with van der Waals surface area (Å²) < 4.78 is 46.7. The van der Waals surface area contributed by atoms with Crippen LogP contribution in [0.4, 0.5) is 19.0 Å². The summed E-state index contributed by atoms with van der Waals surface area (Å²) in [6, 6.07) is 2.69. The number of halogens is 3. The number of amides is 1. The van der Waals surface area contributed by atoms with Crippen molar-refractivity contribution >= 4 is 11.7 Å². The van der Waals surface area contributed by atoms with E-state index in [1.54, 1.807) is 10.7 Å². The van der Waals surface area contributed by atoms with E-state index in [0.717, 1.165) is 17.8 Å². The Morgan fingerprint density at radius 3 is 2.76 bits per heavy atom. The fourth-order valence-electron chi connectivity index (χ4n) is 2.55. The summed E-state index contributed by atoms with van der Waals surface area (Å²) in [7, 11) is 1.40. The molecule has 3 rings (SSSR count). The zero-order valence-electron chi connectivity index (χ0n) is 15.8. The topological polar surface area (TPSA) is 99.8 Å². The maximum Gasteiger partial charge on any atom is 0.408 e. The number of aryl methyl sites for hydroxylation is 1. The third kappa shape index (κ3) is 4.20. The van der Waals surface area contributed by atoms with Crippen molar-refractivity contribution in [3.8, 4) is 17.4 Å². The molecule has 0 unspecified atom stereocenters. The Morgan fingerprint density at radius 2 is 2.10 bits per heavy atom. The molecule has 3 heterocycles. The number of pyridine rings is 1. The van der Waals surface area contributed by atoms with Gasteiger partial charge >= 0.3 is 6.18 Å². The van der Waals surface area contributed by atoms with Gasteiger partial charge in [0.1, 0.15) is 29.4 Å². The minimum Gasteiger partial charge on any atom is -0.479 e. The van der Waals surface area contributed by atoms with Gasteiger partial charge in [-0.2, -0.15) is 13.2 Å². The van der Waals surface area contributed by atoms with E-state index in [9.17, 15) is 18.0 Å². The second-order valence-corrected chi connectivity index (χ2v) is 6.05. The van der Waals surface area contributed by atoms with Crippen molar-refractivity contribution in [3.63, 3.8) is 0 Å². The molecule has 9 nitrogen and oxygen atoms in total. The maximum atomic E-state index is 13.1. The molecule has 29 heavy (non-hydrogen) atoms. The molecule has 0 bridgehead atoms. The standard InChI is InChI=1S/C17H18F3N7O2/c1-4-26-8-11(16(25-26)29-3)15(28)23-13-7-5-6-12(22-13)14-24-21-9-27(14)10(2)17(18,19)20/h5-10H,4H2,1-3H3,(H,22,23,28)/t10-/m0/s1. The fourth-order valence-corrected chi connectivity index (χ4v) is 2.55. The van der Waals surface area contributed by atoms with Crippen LogP contribution < -0.4 is 10.1 Å². The van der Waals surface area contributed by atoms with Gasteiger partial charge in [-0.05, 0) is 26.0 Å². The van der Waals surface area contributed by atoms with E-state index in [-0.39, 0.29) is 28.8 Å². The molecule has 0 aliphatic carbocycles. The highest BCUT2D eigenvalue weighted by Gasteiger charge is 2.38. The van der Waals surface area contributed by atoms with E-state index in [2.05, 4.69) is 25.6 Å². The van der Waals surface area contributed by atoms with Gasteiger partial charge < -0.3 is 14.6 Å². The van der Waals surface area contributed by atoms with E-state index in [0.29, 0.717) is 6.54 Å². The zero-order valence-corrected chi connectivity index (χ0v) is 15.8. The number of nitrogens with zero attached hydrogens (tertiary/aromatic N) is 6. The normalized spacial score (nSPS) is 12.6. The molecule has 0 spiro atoms. The molecule has 0 aromatic carbocycles. The smallest absolute Gasteiger partial charge is 0.408 e. The minimum absolute atomic E-state index is 0.0673. The summed E-state index contributed by atoms with van der Waals surface area (Å²) in [5, 5.41) is 14.0. The first-order valence-electron chi connectivity index (χ1n) is 8.61. The Balaban J connectivity index is 1.87. The van der Waals surface area contributed by atoms with Crippen molar-refractivity contribution in [2.45, 2.75) is 32.6 Å². The predicted octanol–water partition coefficient (Wildman–Crippen LogP) is 2.94. The van der Waals surface area contributed by atoms with E-state index in [1.807, 2.05) is 6.92 Å². The second kappa shape index (κ2) is 7.89. The van der Waals surface area contributed by atoms with Gasteiger partial charge in [-0.15, -0.1) is 15.3 Å². The molecule has 0 saturated heterocycles. The summed E-state index contributed by atoms with van der Waals surface area (Å²) >= 11 is 0. The lowest BCUT2D eigenvalue weighted by molar-refractivity contribution is -0.162. The highest BCUT2D eigenvalue weighted by atomic mass is 19.4. The van der Waals surface area contributed by atoms with Crippen LogP contribution in [0.1, 0.15) is 30.2 Å². The van der Waals surface area contributed by atoms with Crippen LogP contribution in [0.3, 0.4) is 0 Å². The maximum absolute atomic E-state index is 13.1. The van der Waals surface area contributed by atoms with Crippen LogP contribution in [-0.4, -0.2) is 48.7 Å². The first kappa shape index (κ1) is 20.3. The third-order valence-corrected chi connectivity index (χ3v) is 4.17. The summed E-state index contributed by atoms with van der Waals surface area (Å²) in [5.41, 5.74) is 0.336. The number of rotatable bonds is 6. The third-order valence-electron chi connectivity index (χ3n) is 4.17. The molecule has 0 saturated carbocycles. The van der Waals surface area contributed by atoms with Crippen LogP contribution in [0, 0.1) is 0 Å². The van der Waals surface area contributed by atoms with Gasteiger partial charge in [-0.3, -0.25) is 9.48 Å². The molecule has 0 aliphatic heterocycles. The summed E-state index contributed by atoms with van der Waals surface area (Å²) in [4.78, 5) is 16.8. The molecular formula is C17H18F3N7O2. The van der Waals surface area contributed by atoms with Gasteiger partial charge in [0.2, 0.25) is 5.88 Å².